The molecule has 0 saturated heterocycles. The average molecular weight is 271 g/mol. The second kappa shape index (κ2) is 4.47. The Morgan fingerprint density at radius 1 is 1.41 bits per heavy atom. The molecule has 0 spiro atoms. The Balaban J connectivity index is 2.45. The van der Waals surface area contributed by atoms with Crippen molar-refractivity contribution in [3.63, 3.8) is 0 Å². The molecule has 0 unspecified atom stereocenters. The van der Waals surface area contributed by atoms with Gasteiger partial charge in [-0.05, 0) is 19.1 Å². The van der Waals surface area contributed by atoms with Crippen LogP contribution < -0.4 is 4.72 Å². The van der Waals surface area contributed by atoms with Gasteiger partial charge >= 0.3 is 0 Å². The lowest BCUT2D eigenvalue weighted by atomic mass is 10.3. The third kappa shape index (κ3) is 2.48. The van der Waals surface area contributed by atoms with Crippen molar-refractivity contribution in [1.82, 2.24) is 13.5 Å². The van der Waals surface area contributed by atoms with Crippen LogP contribution in [0.1, 0.15) is 6.92 Å². The third-order valence-electron chi connectivity index (χ3n) is 2.05. The predicted octanol–water partition coefficient (Wildman–Crippen LogP) is 0.559. The van der Waals surface area contributed by atoms with E-state index in [1.807, 2.05) is 0 Å². The lowest BCUT2D eigenvalue weighted by Crippen LogP contribution is -2.28. The summed E-state index contributed by atoms with van der Waals surface area (Å²) in [4.78, 5) is 10.8. The van der Waals surface area contributed by atoms with E-state index in [-0.39, 0.29) is 17.2 Å². The van der Waals surface area contributed by atoms with Crippen LogP contribution in [0.25, 0.3) is 11.0 Å². The lowest BCUT2D eigenvalue weighted by Gasteiger charge is -2.04. The molecule has 0 amide bonds. The third-order valence-corrected chi connectivity index (χ3v) is 4.03. The van der Waals surface area contributed by atoms with Crippen molar-refractivity contribution < 1.29 is 13.2 Å². The SMILES string of the molecule is CC(=O)CNS(=O)(=O)c1cccc2nsnc12. The molecule has 8 heteroatoms. The maximum absolute atomic E-state index is 11.9. The highest BCUT2D eigenvalue weighted by atomic mass is 32.2. The molecule has 1 N–H and O–H groups in total. The van der Waals surface area contributed by atoms with Gasteiger partial charge in [0.15, 0.2) is 0 Å². The number of sulfonamides is 1. The first kappa shape index (κ1) is 12.1. The summed E-state index contributed by atoms with van der Waals surface area (Å²) in [7, 11) is -3.72. The fourth-order valence-corrected chi connectivity index (χ4v) is 3.09. The molecule has 0 aliphatic rings. The van der Waals surface area contributed by atoms with Gasteiger partial charge in [-0.25, -0.2) is 13.1 Å². The Hall–Kier alpha value is -1.38. The zero-order valence-electron chi connectivity index (χ0n) is 8.87. The minimum atomic E-state index is -3.72. The van der Waals surface area contributed by atoms with E-state index in [1.54, 1.807) is 12.1 Å². The number of nitrogens with one attached hydrogen (secondary N) is 1. The Morgan fingerprint density at radius 3 is 2.88 bits per heavy atom. The largest absolute Gasteiger partial charge is 0.299 e. The van der Waals surface area contributed by atoms with Crippen molar-refractivity contribution in [1.29, 1.82) is 0 Å². The van der Waals surface area contributed by atoms with E-state index in [4.69, 9.17) is 0 Å². The van der Waals surface area contributed by atoms with Gasteiger partial charge < -0.3 is 0 Å². The molecule has 1 heterocycles. The van der Waals surface area contributed by atoms with E-state index < -0.39 is 10.0 Å². The number of ketones is 1. The standard InChI is InChI=1S/C9H9N3O3S2/c1-6(13)5-10-17(14,15)8-4-2-3-7-9(8)12-16-11-7/h2-4,10H,5H2,1H3. The molecule has 1 aromatic heterocycles. The maximum Gasteiger partial charge on any atom is 0.243 e. The van der Waals surface area contributed by atoms with Crippen LogP contribution in [0, 0.1) is 0 Å². The number of nitrogens with zero attached hydrogens (tertiary/aromatic N) is 2. The zero-order valence-corrected chi connectivity index (χ0v) is 10.5. The van der Waals surface area contributed by atoms with E-state index in [0.717, 1.165) is 11.7 Å². The summed E-state index contributed by atoms with van der Waals surface area (Å²) in [6, 6.07) is 4.71. The summed E-state index contributed by atoms with van der Waals surface area (Å²) in [5, 5.41) is 0. The monoisotopic (exact) mass is 271 g/mol. The van der Waals surface area contributed by atoms with Crippen LogP contribution in [-0.2, 0) is 14.8 Å². The molecule has 0 bridgehead atoms. The van der Waals surface area contributed by atoms with Crippen LogP contribution in [0.5, 0.6) is 0 Å². The molecular weight excluding hydrogens is 262 g/mol. The number of benzene rings is 1. The predicted molar refractivity (Wildman–Crippen MR) is 63.3 cm³/mol. The lowest BCUT2D eigenvalue weighted by molar-refractivity contribution is -0.115. The molecule has 0 atom stereocenters. The molecule has 90 valence electrons. The smallest absolute Gasteiger partial charge is 0.243 e. The van der Waals surface area contributed by atoms with Crippen molar-refractivity contribution in [3.8, 4) is 0 Å². The Kier molecular flexibility index (Phi) is 3.18. The molecule has 0 aliphatic heterocycles. The van der Waals surface area contributed by atoms with Crippen LogP contribution in [0.15, 0.2) is 23.1 Å². The molecular formula is C9H9N3O3S2. The molecule has 6 nitrogen and oxygen atoms in total. The molecule has 0 fully saturated rings. The van der Waals surface area contributed by atoms with Gasteiger partial charge in [0.05, 0.1) is 18.3 Å². The Bertz CT molecular complexity index is 663. The zero-order chi connectivity index (χ0) is 12.5. The minimum Gasteiger partial charge on any atom is -0.299 e. The quantitative estimate of drug-likeness (QED) is 0.877. The summed E-state index contributed by atoms with van der Waals surface area (Å²) >= 11 is 0.948. The first-order valence-electron chi connectivity index (χ1n) is 4.71. The molecule has 2 aromatic rings. The van der Waals surface area contributed by atoms with Gasteiger partial charge in [-0.1, -0.05) is 6.07 Å². The summed E-state index contributed by atoms with van der Waals surface area (Å²) in [5.74, 6) is -0.253. The highest BCUT2D eigenvalue weighted by molar-refractivity contribution is 7.89. The van der Waals surface area contributed by atoms with Gasteiger partial charge in [-0.3, -0.25) is 4.79 Å². The number of carbonyl (C=O) groups excluding carboxylic acids is 1. The number of fused-ring (bicyclic) bond motifs is 1. The van der Waals surface area contributed by atoms with Crippen molar-refractivity contribution in [2.75, 3.05) is 6.54 Å². The van der Waals surface area contributed by atoms with Crippen LogP contribution in [-0.4, -0.2) is 29.5 Å². The van der Waals surface area contributed by atoms with Crippen molar-refractivity contribution in [2.45, 2.75) is 11.8 Å². The number of carbonyl (C=O) groups is 1. The second-order valence-electron chi connectivity index (χ2n) is 3.41. The van der Waals surface area contributed by atoms with Crippen LogP contribution in [0.2, 0.25) is 0 Å². The van der Waals surface area contributed by atoms with Crippen LogP contribution in [0.3, 0.4) is 0 Å². The van der Waals surface area contributed by atoms with Crippen LogP contribution in [0.4, 0.5) is 0 Å². The second-order valence-corrected chi connectivity index (χ2v) is 5.68. The molecule has 1 aromatic carbocycles. The highest BCUT2D eigenvalue weighted by Gasteiger charge is 2.19. The van der Waals surface area contributed by atoms with Crippen molar-refractivity contribution in [2.24, 2.45) is 0 Å². The fourth-order valence-electron chi connectivity index (χ4n) is 1.27. The highest BCUT2D eigenvalue weighted by Crippen LogP contribution is 2.20. The number of hydrogen-bond acceptors (Lipinski definition) is 6. The van der Waals surface area contributed by atoms with Gasteiger partial charge in [0.1, 0.15) is 21.7 Å². The number of rotatable bonds is 4. The fraction of sp³-hybridized carbons (Fsp3) is 0.222. The number of aromatic nitrogens is 2. The van der Waals surface area contributed by atoms with E-state index in [9.17, 15) is 13.2 Å². The van der Waals surface area contributed by atoms with Crippen LogP contribution >= 0.6 is 11.7 Å². The summed E-state index contributed by atoms with van der Waals surface area (Å²) in [6.07, 6.45) is 0. The van der Waals surface area contributed by atoms with Gasteiger partial charge in [0.2, 0.25) is 10.0 Å². The number of hydrogen-bond donors (Lipinski definition) is 1. The first-order valence-corrected chi connectivity index (χ1v) is 6.92. The van der Waals surface area contributed by atoms with E-state index in [0.29, 0.717) is 11.0 Å². The van der Waals surface area contributed by atoms with E-state index in [2.05, 4.69) is 13.5 Å². The summed E-state index contributed by atoms with van der Waals surface area (Å²) in [5.41, 5.74) is 0.856. The average Bonchev–Trinajstić information content (AvgIpc) is 2.74. The van der Waals surface area contributed by atoms with E-state index >= 15 is 0 Å². The minimum absolute atomic E-state index is 0.0463. The molecule has 2 rings (SSSR count). The van der Waals surface area contributed by atoms with Gasteiger partial charge in [-0.2, -0.15) is 8.75 Å². The first-order chi connectivity index (χ1) is 8.00. The van der Waals surface area contributed by atoms with Gasteiger partial charge in [0.25, 0.3) is 0 Å². The van der Waals surface area contributed by atoms with Gasteiger partial charge in [0, 0.05) is 0 Å². The topological polar surface area (TPSA) is 89.0 Å². The van der Waals surface area contributed by atoms with E-state index in [1.165, 1.54) is 13.0 Å². The normalized spacial score (nSPS) is 11.8. The molecule has 0 radical (unpaired) electrons. The van der Waals surface area contributed by atoms with Gasteiger partial charge in [-0.15, -0.1) is 0 Å². The Morgan fingerprint density at radius 2 is 2.18 bits per heavy atom. The molecule has 0 saturated carbocycles. The molecule has 17 heavy (non-hydrogen) atoms. The van der Waals surface area contributed by atoms with Crippen molar-refractivity contribution in [3.05, 3.63) is 18.2 Å². The molecule has 0 aliphatic carbocycles. The summed E-state index contributed by atoms with van der Waals surface area (Å²) in [6.45, 7) is 1.09. The maximum atomic E-state index is 11.9. The number of Topliss-reactive ketones (excluding diaryl/α,β-unsaturated/α-hetero) is 1. The Labute approximate surface area is 102 Å². The van der Waals surface area contributed by atoms with Crippen molar-refractivity contribution >= 4 is 38.6 Å². The summed E-state index contributed by atoms with van der Waals surface area (Å²) < 4.78 is 34.0.